The number of aromatic carboxylic acids is 1. The summed E-state index contributed by atoms with van der Waals surface area (Å²) in [6, 6.07) is 14.4. The number of rotatable bonds is 3. The van der Waals surface area contributed by atoms with Crippen LogP contribution in [0.1, 0.15) is 39.5 Å². The summed E-state index contributed by atoms with van der Waals surface area (Å²) in [6.45, 7) is 2.73. The Bertz CT molecular complexity index is 751. The molecular weight excluding hydrogens is 324 g/mol. The van der Waals surface area contributed by atoms with E-state index in [-0.39, 0.29) is 28.6 Å². The van der Waals surface area contributed by atoms with Crippen LogP contribution in [0.4, 0.5) is 0 Å². The van der Waals surface area contributed by atoms with Crippen molar-refractivity contribution < 1.29 is 14.7 Å². The van der Waals surface area contributed by atoms with E-state index in [2.05, 4.69) is 11.9 Å². The smallest absolute Gasteiger partial charge is 0.354 e. The molecule has 1 aliphatic heterocycles. The van der Waals surface area contributed by atoms with E-state index in [1.54, 1.807) is 12.1 Å². The number of carbonyl (C=O) groups is 2. The molecule has 0 spiro atoms. The lowest BCUT2D eigenvalue weighted by molar-refractivity contribution is 0.0672. The van der Waals surface area contributed by atoms with Gasteiger partial charge in [0.25, 0.3) is 5.91 Å². The van der Waals surface area contributed by atoms with Crippen LogP contribution in [0.5, 0.6) is 0 Å². The third kappa shape index (κ3) is 3.28. The molecule has 1 aliphatic rings. The van der Waals surface area contributed by atoms with Crippen molar-refractivity contribution in [2.24, 2.45) is 0 Å². The Kier molecular flexibility index (Phi) is 4.85. The number of nitrogens with zero attached hydrogens (tertiary/aromatic N) is 2. The fraction of sp³-hybridized carbons (Fsp3) is 0.278. The van der Waals surface area contributed by atoms with Crippen LogP contribution in [-0.2, 0) is 0 Å². The Morgan fingerprint density at radius 1 is 1.12 bits per heavy atom. The van der Waals surface area contributed by atoms with Crippen molar-refractivity contribution in [2.45, 2.75) is 18.2 Å². The maximum absolute atomic E-state index is 13.0. The normalized spacial score (nSPS) is 20.6. The number of hydrogen-bond donors (Lipinski definition) is 1. The lowest BCUT2D eigenvalue weighted by Gasteiger charge is -2.39. The van der Waals surface area contributed by atoms with Crippen LogP contribution in [-0.4, -0.2) is 44.4 Å². The first kappa shape index (κ1) is 16.5. The molecule has 3 rings (SSSR count). The predicted molar refractivity (Wildman–Crippen MR) is 93.3 cm³/mol. The molecule has 6 heteroatoms. The quantitative estimate of drug-likeness (QED) is 0.928. The highest BCUT2D eigenvalue weighted by molar-refractivity contribution is 8.00. The van der Waals surface area contributed by atoms with Crippen LogP contribution >= 0.6 is 11.8 Å². The minimum absolute atomic E-state index is 0.0484. The van der Waals surface area contributed by atoms with Gasteiger partial charge in [0, 0.05) is 17.5 Å². The van der Waals surface area contributed by atoms with Crippen LogP contribution in [0.3, 0.4) is 0 Å². The second-order valence-electron chi connectivity index (χ2n) is 5.64. The number of carbonyl (C=O) groups excluding carboxylic acids is 1. The molecule has 1 N–H and O–H groups in total. The maximum atomic E-state index is 13.0. The molecule has 2 unspecified atom stereocenters. The zero-order valence-electron chi connectivity index (χ0n) is 13.3. The summed E-state index contributed by atoms with van der Waals surface area (Å²) in [4.78, 5) is 29.9. The molecule has 24 heavy (non-hydrogen) atoms. The van der Waals surface area contributed by atoms with Gasteiger partial charge in [-0.05, 0) is 17.7 Å². The molecule has 1 aromatic heterocycles. The molecule has 1 fully saturated rings. The first-order valence-electron chi connectivity index (χ1n) is 7.76. The Morgan fingerprint density at radius 3 is 2.54 bits per heavy atom. The summed E-state index contributed by atoms with van der Waals surface area (Å²) < 4.78 is 0. The summed E-state index contributed by atoms with van der Waals surface area (Å²) >= 11 is 1.84. The van der Waals surface area contributed by atoms with Gasteiger partial charge in [0.2, 0.25) is 0 Å². The van der Waals surface area contributed by atoms with E-state index in [1.165, 1.54) is 6.07 Å². The highest BCUT2D eigenvalue weighted by Crippen LogP contribution is 2.36. The van der Waals surface area contributed by atoms with Crippen LogP contribution in [0.2, 0.25) is 0 Å². The highest BCUT2D eigenvalue weighted by Gasteiger charge is 2.34. The van der Waals surface area contributed by atoms with E-state index >= 15 is 0 Å². The van der Waals surface area contributed by atoms with Crippen molar-refractivity contribution in [1.82, 2.24) is 9.88 Å². The minimum atomic E-state index is -1.13. The summed E-state index contributed by atoms with van der Waals surface area (Å²) in [6.07, 6.45) is 0. The second kappa shape index (κ2) is 7.05. The van der Waals surface area contributed by atoms with Crippen molar-refractivity contribution in [1.29, 1.82) is 0 Å². The molecule has 1 saturated heterocycles. The summed E-state index contributed by atoms with van der Waals surface area (Å²) in [5, 5.41) is 9.34. The summed E-state index contributed by atoms with van der Waals surface area (Å²) in [7, 11) is 0. The number of hydrogen-bond acceptors (Lipinski definition) is 4. The number of pyridine rings is 1. The summed E-state index contributed by atoms with van der Waals surface area (Å²) in [5.74, 6) is -0.500. The van der Waals surface area contributed by atoms with Crippen molar-refractivity contribution in [3.05, 3.63) is 65.5 Å². The lowest BCUT2D eigenvalue weighted by Crippen LogP contribution is -2.44. The molecule has 2 atom stereocenters. The Morgan fingerprint density at radius 2 is 1.83 bits per heavy atom. The van der Waals surface area contributed by atoms with Crippen molar-refractivity contribution in [3.8, 4) is 0 Å². The first-order chi connectivity index (χ1) is 11.6. The van der Waals surface area contributed by atoms with Crippen molar-refractivity contribution in [2.75, 3.05) is 12.3 Å². The van der Waals surface area contributed by atoms with Gasteiger partial charge in [-0.3, -0.25) is 4.79 Å². The molecule has 0 saturated carbocycles. The number of thioether (sulfide) groups is 1. The molecule has 1 amide bonds. The number of carboxylic acid groups (broad SMARTS) is 1. The molecule has 0 aliphatic carbocycles. The van der Waals surface area contributed by atoms with Crippen LogP contribution in [0.15, 0.2) is 48.5 Å². The second-order valence-corrected chi connectivity index (χ2v) is 7.13. The molecule has 0 bridgehead atoms. The minimum Gasteiger partial charge on any atom is -0.477 e. The predicted octanol–water partition coefficient (Wildman–Crippen LogP) is 3.10. The van der Waals surface area contributed by atoms with Crippen LogP contribution in [0.25, 0.3) is 0 Å². The third-order valence-corrected chi connectivity index (χ3v) is 5.28. The average molecular weight is 342 g/mol. The van der Waals surface area contributed by atoms with E-state index in [9.17, 15) is 9.59 Å². The molecule has 2 aromatic rings. The average Bonchev–Trinajstić information content (AvgIpc) is 2.61. The molecule has 124 valence electrons. The highest BCUT2D eigenvalue weighted by atomic mass is 32.2. The van der Waals surface area contributed by atoms with Gasteiger partial charge in [-0.1, -0.05) is 43.3 Å². The van der Waals surface area contributed by atoms with E-state index in [4.69, 9.17) is 5.11 Å². The Balaban J connectivity index is 1.94. The number of carboxylic acids is 1. The van der Waals surface area contributed by atoms with E-state index in [0.717, 1.165) is 11.3 Å². The summed E-state index contributed by atoms with van der Waals surface area (Å²) in [5.41, 5.74) is 1.14. The Hall–Kier alpha value is -2.34. The fourth-order valence-corrected chi connectivity index (χ4v) is 4.13. The number of amides is 1. The van der Waals surface area contributed by atoms with Crippen LogP contribution in [0, 0.1) is 0 Å². The number of aromatic nitrogens is 1. The molecule has 1 aromatic carbocycles. The molecule has 2 heterocycles. The van der Waals surface area contributed by atoms with Crippen molar-refractivity contribution >= 4 is 23.6 Å². The van der Waals surface area contributed by atoms with Gasteiger partial charge < -0.3 is 10.0 Å². The molecule has 5 nitrogen and oxygen atoms in total. The van der Waals surface area contributed by atoms with E-state index in [1.807, 2.05) is 47.0 Å². The topological polar surface area (TPSA) is 70.5 Å². The third-order valence-electron chi connectivity index (χ3n) is 4.08. The zero-order valence-corrected chi connectivity index (χ0v) is 14.1. The van der Waals surface area contributed by atoms with Crippen molar-refractivity contribution in [3.63, 3.8) is 0 Å². The maximum Gasteiger partial charge on any atom is 0.354 e. The van der Waals surface area contributed by atoms with E-state index < -0.39 is 5.97 Å². The van der Waals surface area contributed by atoms with Gasteiger partial charge in [0.15, 0.2) is 0 Å². The molecule has 0 radical (unpaired) electrons. The number of benzene rings is 1. The first-order valence-corrected chi connectivity index (χ1v) is 8.80. The standard InChI is InChI=1S/C18H18N2O3S/c1-12-16(13-6-3-2-4-7-13)20(10-11-24-12)17(21)14-8-5-9-15(19-14)18(22)23/h2-9,12,16H,10-11H2,1H3,(H,22,23). The Labute approximate surface area is 144 Å². The van der Waals surface area contributed by atoms with Gasteiger partial charge >= 0.3 is 5.97 Å². The monoisotopic (exact) mass is 342 g/mol. The fourth-order valence-electron chi connectivity index (χ4n) is 2.97. The largest absolute Gasteiger partial charge is 0.477 e. The zero-order chi connectivity index (χ0) is 17.1. The SMILES string of the molecule is CC1SCCN(C(=O)c2cccc(C(=O)O)n2)C1c1ccccc1. The van der Waals surface area contributed by atoms with Gasteiger partial charge in [0.05, 0.1) is 6.04 Å². The lowest BCUT2D eigenvalue weighted by atomic mass is 10.0. The van der Waals surface area contributed by atoms with E-state index in [0.29, 0.717) is 6.54 Å². The van der Waals surface area contributed by atoms with Gasteiger partial charge in [0.1, 0.15) is 11.4 Å². The van der Waals surface area contributed by atoms with Gasteiger partial charge in [-0.25, -0.2) is 9.78 Å². The molecular formula is C18H18N2O3S. The van der Waals surface area contributed by atoms with Gasteiger partial charge in [-0.15, -0.1) is 0 Å². The van der Waals surface area contributed by atoms with Gasteiger partial charge in [-0.2, -0.15) is 11.8 Å². The van der Waals surface area contributed by atoms with Crippen LogP contribution < -0.4 is 0 Å².